The summed E-state index contributed by atoms with van der Waals surface area (Å²) in [6.45, 7) is 4.02. The molecule has 0 aliphatic rings. The molecule has 3 nitrogen and oxygen atoms in total. The van der Waals surface area contributed by atoms with Crippen LogP contribution in [0.1, 0.15) is 11.3 Å². The molecule has 0 bridgehead atoms. The number of methoxy groups -OCH3 is 1. The van der Waals surface area contributed by atoms with Gasteiger partial charge in [-0.05, 0) is 59.2 Å². The molecule has 2 heterocycles. The van der Waals surface area contributed by atoms with Crippen LogP contribution in [0, 0.1) is 0 Å². The molecule has 0 atom stereocenters. The topological polar surface area (TPSA) is 27.1 Å². The lowest BCUT2D eigenvalue weighted by atomic mass is 10.0. The monoisotopic (exact) mass is 402 g/mol. The Morgan fingerprint density at radius 1 is 0.806 bits per heavy atom. The maximum Gasteiger partial charge on any atom is 0.145 e. The minimum Gasteiger partial charge on any atom is -0.497 e. The van der Waals surface area contributed by atoms with Gasteiger partial charge in [0.1, 0.15) is 11.4 Å². The van der Waals surface area contributed by atoms with E-state index in [4.69, 9.17) is 9.72 Å². The van der Waals surface area contributed by atoms with Gasteiger partial charge in [0, 0.05) is 17.0 Å². The van der Waals surface area contributed by atoms with Crippen molar-refractivity contribution >= 4 is 40.3 Å². The van der Waals surface area contributed by atoms with E-state index < -0.39 is 0 Å². The Bertz CT molecular complexity index is 1410. The van der Waals surface area contributed by atoms with Crippen LogP contribution in [0.3, 0.4) is 0 Å². The third kappa shape index (κ3) is 3.51. The minimum absolute atomic E-state index is 0.855. The smallest absolute Gasteiger partial charge is 0.145 e. The van der Waals surface area contributed by atoms with Crippen LogP contribution in [0.15, 0.2) is 91.5 Å². The number of ether oxygens (including phenoxy) is 1. The minimum atomic E-state index is 0.855. The molecule has 3 heteroatoms. The highest BCUT2D eigenvalue weighted by molar-refractivity contribution is 6.09. The number of fused-ring (bicyclic) bond motifs is 3. The molecule has 5 aromatic rings. The van der Waals surface area contributed by atoms with E-state index in [0.29, 0.717) is 0 Å². The van der Waals surface area contributed by atoms with E-state index in [1.807, 2.05) is 42.6 Å². The predicted molar refractivity (Wildman–Crippen MR) is 131 cm³/mol. The van der Waals surface area contributed by atoms with Crippen LogP contribution in [-0.2, 0) is 0 Å². The van der Waals surface area contributed by atoms with Gasteiger partial charge < -0.3 is 9.30 Å². The van der Waals surface area contributed by atoms with Crippen molar-refractivity contribution < 1.29 is 4.74 Å². The first-order valence-electron chi connectivity index (χ1n) is 10.2. The van der Waals surface area contributed by atoms with Crippen LogP contribution in [0.4, 0.5) is 0 Å². The lowest BCUT2D eigenvalue weighted by Gasteiger charge is -2.05. The van der Waals surface area contributed by atoms with Crippen molar-refractivity contribution in [2.45, 2.75) is 0 Å². The van der Waals surface area contributed by atoms with E-state index in [-0.39, 0.29) is 0 Å². The van der Waals surface area contributed by atoms with E-state index in [2.05, 4.69) is 71.8 Å². The maximum atomic E-state index is 5.28. The summed E-state index contributed by atoms with van der Waals surface area (Å²) in [6.07, 6.45) is 5.95. The van der Waals surface area contributed by atoms with Crippen LogP contribution in [0.25, 0.3) is 51.4 Å². The maximum absolute atomic E-state index is 5.28. The molecule has 0 saturated carbocycles. The summed E-state index contributed by atoms with van der Waals surface area (Å²) < 4.78 is 7.34. The van der Waals surface area contributed by atoms with E-state index in [9.17, 15) is 0 Å². The first-order chi connectivity index (χ1) is 15.3. The molecule has 0 radical (unpaired) electrons. The van der Waals surface area contributed by atoms with Crippen molar-refractivity contribution in [1.29, 1.82) is 0 Å². The Morgan fingerprint density at radius 2 is 1.58 bits per heavy atom. The zero-order chi connectivity index (χ0) is 21.2. The van der Waals surface area contributed by atoms with Gasteiger partial charge in [-0.1, -0.05) is 61.2 Å². The lowest BCUT2D eigenvalue weighted by Crippen LogP contribution is -1.89. The first-order valence-corrected chi connectivity index (χ1v) is 10.2. The van der Waals surface area contributed by atoms with Crippen molar-refractivity contribution in [2.75, 3.05) is 7.11 Å². The highest BCUT2D eigenvalue weighted by Crippen LogP contribution is 2.33. The fourth-order valence-corrected chi connectivity index (χ4v) is 3.92. The summed E-state index contributed by atoms with van der Waals surface area (Å²) in [6, 6.07) is 29.1. The average Bonchev–Trinajstić information content (AvgIpc) is 3.15. The van der Waals surface area contributed by atoms with Crippen molar-refractivity contribution in [1.82, 2.24) is 9.55 Å². The van der Waals surface area contributed by atoms with Gasteiger partial charge in [0.2, 0.25) is 0 Å². The van der Waals surface area contributed by atoms with Crippen LogP contribution >= 0.6 is 0 Å². The summed E-state index contributed by atoms with van der Waals surface area (Å²) in [7, 11) is 1.68. The normalized spacial score (nSPS) is 11.4. The Kier molecular flexibility index (Phi) is 4.85. The number of hydrogen-bond acceptors (Lipinski definition) is 2. The van der Waals surface area contributed by atoms with Crippen LogP contribution in [0.2, 0.25) is 0 Å². The Morgan fingerprint density at radius 3 is 2.32 bits per heavy atom. The number of rotatable bonds is 5. The molecular weight excluding hydrogens is 380 g/mol. The van der Waals surface area contributed by atoms with Crippen LogP contribution in [-0.4, -0.2) is 16.7 Å². The molecule has 0 spiro atoms. The summed E-state index contributed by atoms with van der Waals surface area (Å²) in [5.41, 5.74) is 6.38. The van der Waals surface area contributed by atoms with Gasteiger partial charge in [0.15, 0.2) is 0 Å². The first kappa shape index (κ1) is 18.9. The number of hydrogen-bond donors (Lipinski definition) is 0. The highest BCUT2D eigenvalue weighted by atomic mass is 16.5. The third-order valence-electron chi connectivity index (χ3n) is 5.52. The Labute approximate surface area is 181 Å². The molecule has 0 amide bonds. The van der Waals surface area contributed by atoms with Crippen LogP contribution < -0.4 is 4.74 Å². The second kappa shape index (κ2) is 7.96. The quantitative estimate of drug-likeness (QED) is 0.312. The molecular formula is C28H22N2O. The van der Waals surface area contributed by atoms with Crippen LogP contribution in [0.5, 0.6) is 5.75 Å². The second-order valence-corrected chi connectivity index (χ2v) is 7.36. The average molecular weight is 402 g/mol. The summed E-state index contributed by atoms with van der Waals surface area (Å²) in [4.78, 5) is 4.91. The molecule has 2 aromatic heterocycles. The predicted octanol–water partition coefficient (Wildman–Crippen LogP) is 7.14. The summed E-state index contributed by atoms with van der Waals surface area (Å²) in [5, 5.41) is 2.27. The largest absolute Gasteiger partial charge is 0.497 e. The van der Waals surface area contributed by atoms with Gasteiger partial charge in [-0.3, -0.25) is 0 Å². The van der Waals surface area contributed by atoms with Crippen molar-refractivity contribution in [2.24, 2.45) is 0 Å². The van der Waals surface area contributed by atoms with Crippen molar-refractivity contribution in [3.63, 3.8) is 0 Å². The molecule has 0 saturated heterocycles. The molecule has 0 aliphatic heterocycles. The Hall–Kier alpha value is -4.11. The summed E-state index contributed by atoms with van der Waals surface area (Å²) in [5.74, 6) is 0.855. The number of pyridine rings is 1. The Balaban J connectivity index is 1.61. The van der Waals surface area contributed by atoms with E-state index in [0.717, 1.165) is 50.1 Å². The van der Waals surface area contributed by atoms with Gasteiger partial charge >= 0.3 is 0 Å². The van der Waals surface area contributed by atoms with E-state index in [1.165, 1.54) is 0 Å². The molecule has 150 valence electrons. The van der Waals surface area contributed by atoms with E-state index in [1.54, 1.807) is 7.11 Å². The zero-order valence-electron chi connectivity index (χ0n) is 17.3. The SMILES string of the molecule is C=Cn1c2ccc(-c3ccc(OC)cc3)cc2c2ccc(C=Cc3ccccc3)nc21. The van der Waals surface area contributed by atoms with Crippen molar-refractivity contribution in [3.8, 4) is 16.9 Å². The molecule has 0 fully saturated rings. The molecule has 0 aliphatic carbocycles. The van der Waals surface area contributed by atoms with Gasteiger partial charge in [0.25, 0.3) is 0 Å². The number of aromatic nitrogens is 2. The molecule has 3 aromatic carbocycles. The molecule has 0 unspecified atom stereocenters. The molecule has 0 N–H and O–H groups in total. The van der Waals surface area contributed by atoms with Gasteiger partial charge in [-0.25, -0.2) is 4.98 Å². The standard InChI is InChI=1S/C28H22N2O/c1-3-30-27-18-12-22(21-10-15-24(31-2)16-11-21)19-26(27)25-17-14-23(29-28(25)30)13-9-20-7-5-4-6-8-20/h3-19H,1H2,2H3. The fraction of sp³-hybridized carbons (Fsp3) is 0.0357. The fourth-order valence-electron chi connectivity index (χ4n) is 3.92. The van der Waals surface area contributed by atoms with Gasteiger partial charge in [0.05, 0.1) is 18.3 Å². The van der Waals surface area contributed by atoms with Crippen molar-refractivity contribution in [3.05, 3.63) is 103 Å². The molecule has 31 heavy (non-hydrogen) atoms. The van der Waals surface area contributed by atoms with Gasteiger partial charge in [-0.15, -0.1) is 0 Å². The third-order valence-corrected chi connectivity index (χ3v) is 5.52. The number of nitrogens with zero attached hydrogens (tertiary/aromatic N) is 2. The number of benzene rings is 3. The highest BCUT2D eigenvalue weighted by Gasteiger charge is 2.12. The summed E-state index contributed by atoms with van der Waals surface area (Å²) >= 11 is 0. The second-order valence-electron chi connectivity index (χ2n) is 7.36. The van der Waals surface area contributed by atoms with E-state index >= 15 is 0 Å². The molecule has 5 rings (SSSR count). The van der Waals surface area contributed by atoms with Gasteiger partial charge in [-0.2, -0.15) is 0 Å². The zero-order valence-corrected chi connectivity index (χ0v) is 17.3. The lowest BCUT2D eigenvalue weighted by molar-refractivity contribution is 0.415.